The molecule has 15 heavy (non-hydrogen) atoms. The lowest BCUT2D eigenvalue weighted by molar-refractivity contribution is -0.121. The van der Waals surface area contributed by atoms with Crippen LogP contribution in [0.4, 0.5) is 0 Å². The lowest BCUT2D eigenvalue weighted by Gasteiger charge is -2.31. The van der Waals surface area contributed by atoms with Crippen molar-refractivity contribution >= 4 is 5.91 Å². The normalized spacial score (nSPS) is 15.1. The number of hydrogen-bond acceptors (Lipinski definition) is 4. The van der Waals surface area contributed by atoms with E-state index < -0.39 is 0 Å². The van der Waals surface area contributed by atoms with Gasteiger partial charge in [-0.05, 0) is 14.0 Å². The highest BCUT2D eigenvalue weighted by Gasteiger charge is 2.20. The fraction of sp³-hybridized carbons (Fsp3) is 0.900. The number of hydrogen-bond donors (Lipinski definition) is 2. The first-order chi connectivity index (χ1) is 7.06. The molecule has 2 atom stereocenters. The Morgan fingerprint density at radius 1 is 1.60 bits per heavy atom. The van der Waals surface area contributed by atoms with Crippen LogP contribution in [-0.4, -0.2) is 57.2 Å². The maximum absolute atomic E-state index is 11.2. The zero-order valence-electron chi connectivity index (χ0n) is 10.1. The van der Waals surface area contributed by atoms with Crippen molar-refractivity contribution in [3.05, 3.63) is 0 Å². The molecule has 0 aliphatic carbocycles. The molecule has 0 saturated carbocycles. The Morgan fingerprint density at radius 2 is 2.20 bits per heavy atom. The molecule has 0 radical (unpaired) electrons. The topological polar surface area (TPSA) is 67.6 Å². The third-order valence-corrected chi connectivity index (χ3v) is 2.65. The number of nitrogens with zero attached hydrogens (tertiary/aromatic N) is 1. The standard InChI is InChI=1S/C10H23N3O2/c1-8(7-15-4)13(3)9(6-11)5-10(14)12-2/h8-9H,5-7,11H2,1-4H3,(H,12,14). The summed E-state index contributed by atoms with van der Waals surface area (Å²) < 4.78 is 5.07. The monoisotopic (exact) mass is 217 g/mol. The van der Waals surface area contributed by atoms with Crippen LogP contribution in [0.15, 0.2) is 0 Å². The highest BCUT2D eigenvalue weighted by atomic mass is 16.5. The summed E-state index contributed by atoms with van der Waals surface area (Å²) in [5.41, 5.74) is 5.65. The van der Waals surface area contributed by atoms with Crippen LogP contribution in [0.5, 0.6) is 0 Å². The minimum absolute atomic E-state index is 0.0157. The predicted molar refractivity (Wildman–Crippen MR) is 60.6 cm³/mol. The molecule has 90 valence electrons. The van der Waals surface area contributed by atoms with Crippen LogP contribution in [0.2, 0.25) is 0 Å². The first-order valence-electron chi connectivity index (χ1n) is 5.18. The Balaban J connectivity index is 4.19. The predicted octanol–water partition coefficient (Wildman–Crippen LogP) is -0.583. The smallest absolute Gasteiger partial charge is 0.221 e. The molecule has 0 aliphatic heterocycles. The molecule has 2 unspecified atom stereocenters. The van der Waals surface area contributed by atoms with Crippen molar-refractivity contribution in [3.63, 3.8) is 0 Å². The Labute approximate surface area is 91.9 Å². The molecule has 0 spiro atoms. The summed E-state index contributed by atoms with van der Waals surface area (Å²) in [7, 11) is 5.26. The van der Waals surface area contributed by atoms with E-state index in [0.29, 0.717) is 19.6 Å². The Hall–Kier alpha value is -0.650. The Morgan fingerprint density at radius 3 is 2.60 bits per heavy atom. The van der Waals surface area contributed by atoms with Crippen molar-refractivity contribution in [1.29, 1.82) is 0 Å². The first kappa shape index (κ1) is 14.3. The van der Waals surface area contributed by atoms with Gasteiger partial charge in [0.15, 0.2) is 0 Å². The molecular formula is C10H23N3O2. The molecule has 5 heteroatoms. The van der Waals surface area contributed by atoms with E-state index in [1.54, 1.807) is 14.2 Å². The van der Waals surface area contributed by atoms with Crippen molar-refractivity contribution in [1.82, 2.24) is 10.2 Å². The zero-order chi connectivity index (χ0) is 11.8. The van der Waals surface area contributed by atoms with Gasteiger partial charge in [-0.1, -0.05) is 0 Å². The van der Waals surface area contributed by atoms with Crippen LogP contribution < -0.4 is 11.1 Å². The van der Waals surface area contributed by atoms with E-state index >= 15 is 0 Å². The van der Waals surface area contributed by atoms with Crippen molar-refractivity contribution in [2.24, 2.45) is 5.73 Å². The fourth-order valence-corrected chi connectivity index (χ4v) is 1.43. The van der Waals surface area contributed by atoms with Gasteiger partial charge in [0.2, 0.25) is 5.91 Å². The van der Waals surface area contributed by atoms with Gasteiger partial charge in [-0.2, -0.15) is 0 Å². The fourth-order valence-electron chi connectivity index (χ4n) is 1.43. The van der Waals surface area contributed by atoms with Crippen LogP contribution in [0.25, 0.3) is 0 Å². The number of nitrogens with one attached hydrogen (secondary N) is 1. The van der Waals surface area contributed by atoms with Crippen molar-refractivity contribution in [3.8, 4) is 0 Å². The maximum atomic E-state index is 11.2. The number of carbonyl (C=O) groups is 1. The summed E-state index contributed by atoms with van der Waals surface area (Å²) in [5, 5.41) is 2.60. The molecule has 0 saturated heterocycles. The number of likely N-dealkylation sites (N-methyl/N-ethyl adjacent to an activating group) is 1. The molecule has 0 bridgehead atoms. The average Bonchev–Trinajstić information content (AvgIpc) is 2.24. The van der Waals surface area contributed by atoms with Gasteiger partial charge < -0.3 is 15.8 Å². The number of amides is 1. The van der Waals surface area contributed by atoms with Crippen LogP contribution in [0.1, 0.15) is 13.3 Å². The second kappa shape index (κ2) is 7.62. The minimum atomic E-state index is 0.0157. The second-order valence-electron chi connectivity index (χ2n) is 3.74. The Kier molecular flexibility index (Phi) is 7.29. The third-order valence-electron chi connectivity index (χ3n) is 2.65. The molecule has 1 amide bonds. The zero-order valence-corrected chi connectivity index (χ0v) is 10.1. The van der Waals surface area contributed by atoms with E-state index in [1.807, 2.05) is 7.05 Å². The van der Waals surface area contributed by atoms with Gasteiger partial charge in [0.1, 0.15) is 0 Å². The van der Waals surface area contributed by atoms with Gasteiger partial charge in [-0.25, -0.2) is 0 Å². The van der Waals surface area contributed by atoms with E-state index in [0.717, 1.165) is 0 Å². The molecule has 0 aromatic heterocycles. The summed E-state index contributed by atoms with van der Waals surface area (Å²) in [4.78, 5) is 13.3. The number of rotatable bonds is 7. The summed E-state index contributed by atoms with van der Waals surface area (Å²) in [6, 6.07) is 0.323. The van der Waals surface area contributed by atoms with Gasteiger partial charge in [0.25, 0.3) is 0 Å². The molecule has 0 fully saturated rings. The van der Waals surface area contributed by atoms with Crippen LogP contribution >= 0.6 is 0 Å². The summed E-state index contributed by atoms with van der Waals surface area (Å²) >= 11 is 0. The summed E-state index contributed by atoms with van der Waals surface area (Å²) in [6.45, 7) is 3.16. The molecule has 0 heterocycles. The third kappa shape index (κ3) is 5.11. The molecule has 0 aliphatic rings. The Bertz CT molecular complexity index is 188. The van der Waals surface area contributed by atoms with Gasteiger partial charge in [0.05, 0.1) is 6.61 Å². The SMILES string of the molecule is CNC(=O)CC(CN)N(C)C(C)COC. The van der Waals surface area contributed by atoms with Gasteiger partial charge in [-0.3, -0.25) is 9.69 Å². The molecular weight excluding hydrogens is 194 g/mol. The maximum Gasteiger partial charge on any atom is 0.221 e. The van der Waals surface area contributed by atoms with Gasteiger partial charge in [0, 0.05) is 39.2 Å². The number of ether oxygens (including phenoxy) is 1. The van der Waals surface area contributed by atoms with E-state index in [9.17, 15) is 4.79 Å². The average molecular weight is 217 g/mol. The quantitative estimate of drug-likeness (QED) is 0.598. The minimum Gasteiger partial charge on any atom is -0.383 e. The van der Waals surface area contributed by atoms with Gasteiger partial charge >= 0.3 is 0 Å². The first-order valence-corrected chi connectivity index (χ1v) is 5.18. The summed E-state index contributed by atoms with van der Waals surface area (Å²) in [5.74, 6) is 0.0157. The highest BCUT2D eigenvalue weighted by molar-refractivity contribution is 5.76. The van der Waals surface area contributed by atoms with E-state index in [1.165, 1.54) is 0 Å². The van der Waals surface area contributed by atoms with E-state index in [2.05, 4.69) is 17.1 Å². The molecule has 0 aromatic rings. The van der Waals surface area contributed by atoms with E-state index in [-0.39, 0.29) is 18.0 Å². The largest absolute Gasteiger partial charge is 0.383 e. The lowest BCUT2D eigenvalue weighted by atomic mass is 10.1. The molecule has 5 nitrogen and oxygen atoms in total. The van der Waals surface area contributed by atoms with Crippen molar-refractivity contribution in [2.45, 2.75) is 25.4 Å². The highest BCUT2D eigenvalue weighted by Crippen LogP contribution is 2.06. The number of carbonyl (C=O) groups excluding carboxylic acids is 1. The van der Waals surface area contributed by atoms with Crippen molar-refractivity contribution < 1.29 is 9.53 Å². The lowest BCUT2D eigenvalue weighted by Crippen LogP contribution is -2.46. The number of nitrogens with two attached hydrogens (primary N) is 1. The van der Waals surface area contributed by atoms with Crippen LogP contribution in [0, 0.1) is 0 Å². The summed E-state index contributed by atoms with van der Waals surface area (Å²) in [6.07, 6.45) is 0.428. The van der Waals surface area contributed by atoms with Crippen LogP contribution in [-0.2, 0) is 9.53 Å². The second-order valence-corrected chi connectivity index (χ2v) is 3.74. The van der Waals surface area contributed by atoms with Gasteiger partial charge in [-0.15, -0.1) is 0 Å². The van der Waals surface area contributed by atoms with Crippen LogP contribution in [0.3, 0.4) is 0 Å². The van der Waals surface area contributed by atoms with Crippen molar-refractivity contribution in [2.75, 3.05) is 34.4 Å². The molecule has 3 N–H and O–H groups in total. The molecule has 0 aromatic carbocycles. The number of methoxy groups -OCH3 is 1. The molecule has 0 rings (SSSR count). The van der Waals surface area contributed by atoms with E-state index in [4.69, 9.17) is 10.5 Å².